The molecule has 17 heavy (non-hydrogen) atoms. The highest BCUT2D eigenvalue weighted by Crippen LogP contribution is 2.22. The minimum atomic E-state index is 0.295. The zero-order valence-corrected chi connectivity index (χ0v) is 11.1. The molecule has 2 aromatic rings. The van der Waals surface area contributed by atoms with Gasteiger partial charge in [-0.15, -0.1) is 0 Å². The molecule has 2 rings (SSSR count). The van der Waals surface area contributed by atoms with Gasteiger partial charge in [-0.3, -0.25) is 4.68 Å². The molecule has 0 unspecified atom stereocenters. The average molecular weight is 296 g/mol. The van der Waals surface area contributed by atoms with Crippen molar-refractivity contribution in [3.63, 3.8) is 0 Å². The number of nitrogens with zero attached hydrogens (tertiary/aromatic N) is 2. The molecule has 0 aliphatic heterocycles. The van der Waals surface area contributed by atoms with E-state index in [1.54, 1.807) is 12.3 Å². The maximum absolute atomic E-state index is 9.68. The molecule has 0 radical (unpaired) electrons. The van der Waals surface area contributed by atoms with Crippen molar-refractivity contribution in [1.82, 2.24) is 9.78 Å². The largest absolute Gasteiger partial charge is 0.508 e. The first-order valence-electron chi connectivity index (χ1n) is 5.42. The molecule has 0 spiro atoms. The molecule has 90 valence electrons. The van der Waals surface area contributed by atoms with Crippen molar-refractivity contribution >= 4 is 21.6 Å². The summed E-state index contributed by atoms with van der Waals surface area (Å²) in [5.41, 5.74) is 1.80. The molecule has 0 fully saturated rings. The van der Waals surface area contributed by atoms with Crippen molar-refractivity contribution < 1.29 is 5.11 Å². The van der Waals surface area contributed by atoms with Gasteiger partial charge in [0.25, 0.3) is 0 Å². The number of anilines is 1. The van der Waals surface area contributed by atoms with Crippen LogP contribution in [0.1, 0.15) is 12.5 Å². The molecular formula is C12H14BrN3O. The minimum Gasteiger partial charge on any atom is -0.508 e. The molecule has 5 heteroatoms. The van der Waals surface area contributed by atoms with Gasteiger partial charge in [-0.1, -0.05) is 15.9 Å². The minimum absolute atomic E-state index is 0.295. The standard InChI is InChI=1S/C12H14BrN3O/c1-2-16-8-11(7-15-16)14-6-9-5-10(13)3-4-12(9)17/h3-5,7-8,14,17H,2,6H2,1H3. The SMILES string of the molecule is CCn1cc(NCc2cc(Br)ccc2O)cn1. The summed E-state index contributed by atoms with van der Waals surface area (Å²) in [7, 11) is 0. The van der Waals surface area contributed by atoms with Crippen LogP contribution in [0.15, 0.2) is 35.1 Å². The Balaban J connectivity index is 2.04. The third-order valence-corrected chi connectivity index (χ3v) is 2.97. The Bertz CT molecular complexity index is 510. The van der Waals surface area contributed by atoms with Gasteiger partial charge in [0, 0.05) is 29.3 Å². The van der Waals surface area contributed by atoms with Crippen LogP contribution in [0.5, 0.6) is 5.75 Å². The maximum Gasteiger partial charge on any atom is 0.120 e. The first kappa shape index (κ1) is 12.0. The smallest absolute Gasteiger partial charge is 0.120 e. The highest BCUT2D eigenvalue weighted by atomic mass is 79.9. The van der Waals surface area contributed by atoms with E-state index >= 15 is 0 Å². The van der Waals surface area contributed by atoms with Gasteiger partial charge in [-0.05, 0) is 25.1 Å². The van der Waals surface area contributed by atoms with Gasteiger partial charge in [0.1, 0.15) is 5.75 Å². The lowest BCUT2D eigenvalue weighted by Gasteiger charge is -2.06. The van der Waals surface area contributed by atoms with Crippen LogP contribution in [0.2, 0.25) is 0 Å². The summed E-state index contributed by atoms with van der Waals surface area (Å²) in [6, 6.07) is 5.39. The van der Waals surface area contributed by atoms with Gasteiger partial charge >= 0.3 is 0 Å². The summed E-state index contributed by atoms with van der Waals surface area (Å²) >= 11 is 3.38. The number of aromatic hydroxyl groups is 1. The van der Waals surface area contributed by atoms with Crippen LogP contribution in [0.4, 0.5) is 5.69 Å². The lowest BCUT2D eigenvalue weighted by atomic mass is 10.2. The van der Waals surface area contributed by atoms with Gasteiger partial charge in [0.2, 0.25) is 0 Å². The summed E-state index contributed by atoms with van der Waals surface area (Å²) < 4.78 is 2.81. The van der Waals surface area contributed by atoms with Crippen molar-refractivity contribution in [3.05, 3.63) is 40.6 Å². The molecule has 0 saturated heterocycles. The molecule has 1 heterocycles. The number of nitrogens with one attached hydrogen (secondary N) is 1. The summed E-state index contributed by atoms with van der Waals surface area (Å²) in [6.07, 6.45) is 3.72. The molecule has 0 saturated carbocycles. The van der Waals surface area contributed by atoms with Crippen molar-refractivity contribution in [2.45, 2.75) is 20.0 Å². The van der Waals surface area contributed by atoms with E-state index in [0.717, 1.165) is 22.3 Å². The topological polar surface area (TPSA) is 50.1 Å². The number of benzene rings is 1. The molecular weight excluding hydrogens is 282 g/mol. The van der Waals surface area contributed by atoms with Crippen molar-refractivity contribution in [2.75, 3.05) is 5.32 Å². The second-order valence-electron chi connectivity index (χ2n) is 3.71. The quantitative estimate of drug-likeness (QED) is 0.912. The van der Waals surface area contributed by atoms with E-state index < -0.39 is 0 Å². The summed E-state index contributed by atoms with van der Waals surface area (Å²) in [5.74, 6) is 0.295. The summed E-state index contributed by atoms with van der Waals surface area (Å²) in [4.78, 5) is 0. The number of phenols is 1. The first-order chi connectivity index (χ1) is 8.19. The maximum atomic E-state index is 9.68. The third-order valence-electron chi connectivity index (χ3n) is 2.48. The van der Waals surface area contributed by atoms with E-state index in [2.05, 4.69) is 26.3 Å². The highest BCUT2D eigenvalue weighted by molar-refractivity contribution is 9.10. The first-order valence-corrected chi connectivity index (χ1v) is 6.22. The van der Waals surface area contributed by atoms with E-state index in [0.29, 0.717) is 12.3 Å². The fourth-order valence-corrected chi connectivity index (χ4v) is 1.93. The number of aromatic nitrogens is 2. The zero-order chi connectivity index (χ0) is 12.3. The van der Waals surface area contributed by atoms with Crippen LogP contribution < -0.4 is 5.32 Å². The van der Waals surface area contributed by atoms with E-state index in [-0.39, 0.29) is 0 Å². The van der Waals surface area contributed by atoms with Gasteiger partial charge in [0.05, 0.1) is 11.9 Å². The van der Waals surface area contributed by atoms with Crippen LogP contribution in [-0.2, 0) is 13.1 Å². The lowest BCUT2D eigenvalue weighted by molar-refractivity contribution is 0.469. The number of halogens is 1. The zero-order valence-electron chi connectivity index (χ0n) is 9.52. The Morgan fingerprint density at radius 2 is 2.29 bits per heavy atom. The van der Waals surface area contributed by atoms with E-state index in [1.807, 2.05) is 29.9 Å². The molecule has 2 N–H and O–H groups in total. The number of hydrogen-bond donors (Lipinski definition) is 2. The van der Waals surface area contributed by atoms with Crippen molar-refractivity contribution in [3.8, 4) is 5.75 Å². The number of hydrogen-bond acceptors (Lipinski definition) is 3. The molecule has 4 nitrogen and oxygen atoms in total. The fourth-order valence-electron chi connectivity index (χ4n) is 1.52. The van der Waals surface area contributed by atoms with Crippen LogP contribution in [0.25, 0.3) is 0 Å². The normalized spacial score (nSPS) is 10.5. The summed E-state index contributed by atoms with van der Waals surface area (Å²) in [6.45, 7) is 3.46. The Hall–Kier alpha value is -1.49. The van der Waals surface area contributed by atoms with E-state index in [1.165, 1.54) is 0 Å². The van der Waals surface area contributed by atoms with Crippen LogP contribution >= 0.6 is 15.9 Å². The summed E-state index contributed by atoms with van der Waals surface area (Å²) in [5, 5.41) is 17.1. The third kappa shape index (κ3) is 3.00. The molecule has 0 bridgehead atoms. The van der Waals surface area contributed by atoms with Gasteiger partial charge in [-0.2, -0.15) is 5.10 Å². The predicted molar refractivity (Wildman–Crippen MR) is 71.0 cm³/mol. The fraction of sp³-hybridized carbons (Fsp3) is 0.250. The van der Waals surface area contributed by atoms with Crippen molar-refractivity contribution in [2.24, 2.45) is 0 Å². The molecule has 0 atom stereocenters. The Morgan fingerprint density at radius 1 is 1.47 bits per heavy atom. The molecule has 0 aliphatic rings. The molecule has 0 aliphatic carbocycles. The molecule has 1 aromatic heterocycles. The van der Waals surface area contributed by atoms with Crippen LogP contribution in [-0.4, -0.2) is 14.9 Å². The Kier molecular flexibility index (Phi) is 3.68. The van der Waals surface area contributed by atoms with Crippen LogP contribution in [0, 0.1) is 0 Å². The van der Waals surface area contributed by atoms with Crippen molar-refractivity contribution in [1.29, 1.82) is 0 Å². The van der Waals surface area contributed by atoms with Gasteiger partial charge in [0.15, 0.2) is 0 Å². The number of rotatable bonds is 4. The molecule has 1 aromatic carbocycles. The second kappa shape index (κ2) is 5.23. The highest BCUT2D eigenvalue weighted by Gasteiger charge is 2.02. The van der Waals surface area contributed by atoms with Gasteiger partial charge < -0.3 is 10.4 Å². The van der Waals surface area contributed by atoms with E-state index in [4.69, 9.17) is 0 Å². The second-order valence-corrected chi connectivity index (χ2v) is 4.63. The van der Waals surface area contributed by atoms with Crippen LogP contribution in [0.3, 0.4) is 0 Å². The monoisotopic (exact) mass is 295 g/mol. The Morgan fingerprint density at radius 3 is 3.00 bits per heavy atom. The predicted octanol–water partition coefficient (Wildman–Crippen LogP) is 2.98. The lowest BCUT2D eigenvalue weighted by Crippen LogP contribution is -1.99. The average Bonchev–Trinajstić information content (AvgIpc) is 2.78. The molecule has 0 amide bonds. The number of phenolic OH excluding ortho intramolecular Hbond substituents is 1. The Labute approximate surface area is 108 Å². The van der Waals surface area contributed by atoms with E-state index in [9.17, 15) is 5.11 Å². The number of aryl methyl sites for hydroxylation is 1. The van der Waals surface area contributed by atoms with Gasteiger partial charge in [-0.25, -0.2) is 0 Å².